The minimum Gasteiger partial charge on any atom is -0.319 e. The highest BCUT2D eigenvalue weighted by Crippen LogP contribution is 2.27. The first-order chi connectivity index (χ1) is 13.9. The number of benzene rings is 2. The Bertz CT molecular complexity index is 1450. The van der Waals surface area contributed by atoms with Gasteiger partial charge in [-0.25, -0.2) is 13.1 Å². The molecule has 2 heterocycles. The van der Waals surface area contributed by atoms with E-state index in [1.165, 1.54) is 12.3 Å². The predicted molar refractivity (Wildman–Crippen MR) is 110 cm³/mol. The fourth-order valence-electron chi connectivity index (χ4n) is 3.40. The zero-order valence-corrected chi connectivity index (χ0v) is 16.1. The third-order valence-electron chi connectivity index (χ3n) is 5.12. The lowest BCUT2D eigenvalue weighted by molar-refractivity contribution is 0.0981. The first-order valence-electron chi connectivity index (χ1n) is 9.21. The van der Waals surface area contributed by atoms with E-state index in [1.54, 1.807) is 10.6 Å². The van der Waals surface area contributed by atoms with Crippen LogP contribution in [-0.4, -0.2) is 29.0 Å². The van der Waals surface area contributed by atoms with Gasteiger partial charge in [-0.1, -0.05) is 36.4 Å². The van der Waals surface area contributed by atoms with Crippen LogP contribution >= 0.6 is 0 Å². The van der Waals surface area contributed by atoms with Crippen molar-refractivity contribution in [2.24, 2.45) is 0 Å². The fraction of sp³-hybridized carbons (Fsp3) is 0.143. The van der Waals surface area contributed by atoms with Crippen molar-refractivity contribution in [1.82, 2.24) is 14.1 Å². The van der Waals surface area contributed by atoms with Crippen LogP contribution in [0.15, 0.2) is 65.7 Å². The van der Waals surface area contributed by atoms with Gasteiger partial charge in [-0.15, -0.1) is 0 Å². The second kappa shape index (κ2) is 6.31. The fourth-order valence-corrected chi connectivity index (χ4v) is 4.70. The summed E-state index contributed by atoms with van der Waals surface area (Å²) < 4.78 is 27.6. The summed E-state index contributed by atoms with van der Waals surface area (Å²) >= 11 is 0. The van der Waals surface area contributed by atoms with E-state index in [1.807, 2.05) is 42.5 Å². The molecule has 0 atom stereocenters. The maximum atomic E-state index is 12.5. The number of aromatic amines is 1. The summed E-state index contributed by atoms with van der Waals surface area (Å²) in [6, 6.07) is 15.2. The van der Waals surface area contributed by atoms with E-state index in [0.717, 1.165) is 16.3 Å². The van der Waals surface area contributed by atoms with Crippen LogP contribution in [0.5, 0.6) is 0 Å². The summed E-state index contributed by atoms with van der Waals surface area (Å²) in [5, 5.41) is 1.65. The van der Waals surface area contributed by atoms with Gasteiger partial charge in [-0.3, -0.25) is 9.59 Å². The molecule has 1 aliphatic rings. The van der Waals surface area contributed by atoms with Crippen LogP contribution in [0.2, 0.25) is 0 Å². The molecule has 0 radical (unpaired) electrons. The van der Waals surface area contributed by atoms with Gasteiger partial charge in [0.15, 0.2) is 0 Å². The third-order valence-corrected chi connectivity index (χ3v) is 6.94. The summed E-state index contributed by atoms with van der Waals surface area (Å²) in [6.45, 7) is 0. The molecular weight excluding hydrogens is 390 g/mol. The maximum absolute atomic E-state index is 12.5. The number of sulfonamides is 1. The highest BCUT2D eigenvalue weighted by molar-refractivity contribution is 7.91. The van der Waals surface area contributed by atoms with E-state index in [4.69, 9.17) is 0 Å². The summed E-state index contributed by atoms with van der Waals surface area (Å²) in [5.74, 6) is -0.729. The molecule has 7 nitrogen and oxygen atoms in total. The normalized spacial score (nSPS) is 14.3. The Hall–Kier alpha value is -3.39. The van der Waals surface area contributed by atoms with Gasteiger partial charge in [0.05, 0.1) is 16.5 Å². The van der Waals surface area contributed by atoms with Crippen LogP contribution in [0.1, 0.15) is 23.2 Å². The Labute approximate surface area is 166 Å². The van der Waals surface area contributed by atoms with Gasteiger partial charge in [-0.05, 0) is 35.7 Å². The lowest BCUT2D eigenvalue weighted by Crippen LogP contribution is -2.32. The number of carbonyl (C=O) groups is 1. The number of amides is 1. The molecule has 0 bridgehead atoms. The van der Waals surface area contributed by atoms with Crippen molar-refractivity contribution in [2.75, 3.05) is 0 Å². The zero-order valence-electron chi connectivity index (χ0n) is 15.3. The summed E-state index contributed by atoms with van der Waals surface area (Å²) in [7, 11) is -3.65. The largest absolute Gasteiger partial charge is 0.319 e. The molecule has 1 aliphatic carbocycles. The third kappa shape index (κ3) is 3.21. The van der Waals surface area contributed by atoms with E-state index in [0.29, 0.717) is 18.5 Å². The molecule has 8 heteroatoms. The quantitative estimate of drug-likeness (QED) is 0.543. The summed E-state index contributed by atoms with van der Waals surface area (Å²) in [5.41, 5.74) is 1.46. The number of aromatic nitrogens is 2. The lowest BCUT2D eigenvalue weighted by Gasteiger charge is -2.05. The van der Waals surface area contributed by atoms with Crippen molar-refractivity contribution in [3.63, 3.8) is 0 Å². The van der Waals surface area contributed by atoms with Crippen LogP contribution < -0.4 is 10.3 Å². The minimum absolute atomic E-state index is 0.121. The average Bonchev–Trinajstić information content (AvgIpc) is 3.47. The Morgan fingerprint density at radius 2 is 1.79 bits per heavy atom. The Balaban J connectivity index is 1.54. The predicted octanol–water partition coefficient (Wildman–Crippen LogP) is 2.67. The Morgan fingerprint density at radius 3 is 2.55 bits per heavy atom. The van der Waals surface area contributed by atoms with Gasteiger partial charge in [0.2, 0.25) is 10.0 Å². The molecular formula is C21H17N3O4S. The highest BCUT2D eigenvalue weighted by atomic mass is 32.2. The number of rotatable bonds is 4. The smallest absolute Gasteiger partial charge is 0.272 e. The molecule has 0 saturated heterocycles. The average molecular weight is 407 g/mol. The standard InChI is InChI=1S/C21H17N3O4S/c25-20(23-29(27,28)17-7-8-17)16-10-19-21(26)22-18(12-24(19)11-16)15-6-5-13-3-1-2-4-14(13)9-15/h1-6,9-12,17H,7-8H2,(H,22,26)(H,23,25). The van der Waals surface area contributed by atoms with Crippen molar-refractivity contribution in [3.05, 3.63) is 76.8 Å². The minimum atomic E-state index is -3.65. The van der Waals surface area contributed by atoms with Crippen molar-refractivity contribution in [3.8, 4) is 11.3 Å². The van der Waals surface area contributed by atoms with Crippen LogP contribution in [0.4, 0.5) is 0 Å². The molecule has 0 spiro atoms. The van der Waals surface area contributed by atoms with E-state index >= 15 is 0 Å². The topological polar surface area (TPSA) is 101 Å². The van der Waals surface area contributed by atoms with E-state index in [2.05, 4.69) is 9.71 Å². The number of fused-ring (bicyclic) bond motifs is 2. The second-order valence-electron chi connectivity index (χ2n) is 7.26. The molecule has 146 valence electrons. The molecule has 29 heavy (non-hydrogen) atoms. The van der Waals surface area contributed by atoms with Crippen LogP contribution in [-0.2, 0) is 10.0 Å². The number of nitrogens with zero attached hydrogens (tertiary/aromatic N) is 1. The Kier molecular flexibility index (Phi) is 3.85. The molecule has 4 aromatic rings. The van der Waals surface area contributed by atoms with Gasteiger partial charge in [0.1, 0.15) is 5.52 Å². The number of H-pyrrole nitrogens is 1. The number of hydrogen-bond acceptors (Lipinski definition) is 4. The number of carbonyl (C=O) groups excluding carboxylic acids is 1. The molecule has 2 aromatic carbocycles. The van der Waals surface area contributed by atoms with Gasteiger partial charge in [0.25, 0.3) is 11.5 Å². The van der Waals surface area contributed by atoms with Crippen molar-refractivity contribution in [2.45, 2.75) is 18.1 Å². The number of nitrogens with one attached hydrogen (secondary N) is 2. The number of hydrogen-bond donors (Lipinski definition) is 2. The first-order valence-corrected chi connectivity index (χ1v) is 10.8. The molecule has 1 saturated carbocycles. The van der Waals surface area contributed by atoms with Gasteiger partial charge in [-0.2, -0.15) is 0 Å². The van der Waals surface area contributed by atoms with Crippen molar-refractivity contribution >= 4 is 32.2 Å². The van der Waals surface area contributed by atoms with E-state index in [9.17, 15) is 18.0 Å². The van der Waals surface area contributed by atoms with Gasteiger partial charge >= 0.3 is 0 Å². The maximum Gasteiger partial charge on any atom is 0.272 e. The van der Waals surface area contributed by atoms with E-state index in [-0.39, 0.29) is 16.6 Å². The van der Waals surface area contributed by atoms with Crippen LogP contribution in [0.25, 0.3) is 27.5 Å². The molecule has 1 fully saturated rings. The first kappa shape index (κ1) is 17.7. The van der Waals surface area contributed by atoms with Gasteiger partial charge in [0, 0.05) is 18.0 Å². The molecule has 0 aliphatic heterocycles. The van der Waals surface area contributed by atoms with Crippen molar-refractivity contribution < 1.29 is 13.2 Å². The van der Waals surface area contributed by atoms with Gasteiger partial charge < -0.3 is 9.38 Å². The zero-order chi connectivity index (χ0) is 20.2. The highest BCUT2D eigenvalue weighted by Gasteiger charge is 2.37. The second-order valence-corrected chi connectivity index (χ2v) is 9.22. The molecule has 0 unspecified atom stereocenters. The summed E-state index contributed by atoms with van der Waals surface area (Å²) in [6.07, 6.45) is 4.31. The molecule has 5 rings (SSSR count). The van der Waals surface area contributed by atoms with Crippen LogP contribution in [0, 0.1) is 0 Å². The molecule has 1 amide bonds. The monoisotopic (exact) mass is 407 g/mol. The van der Waals surface area contributed by atoms with E-state index < -0.39 is 21.2 Å². The molecule has 2 N–H and O–H groups in total. The summed E-state index contributed by atoms with van der Waals surface area (Å²) in [4.78, 5) is 27.7. The SMILES string of the molecule is O=C(NS(=O)(=O)C1CC1)c1cc2c(=O)[nH]c(-c3ccc4ccccc4c3)cn2c1. The van der Waals surface area contributed by atoms with Crippen molar-refractivity contribution in [1.29, 1.82) is 0 Å². The molecule has 2 aromatic heterocycles. The Morgan fingerprint density at radius 1 is 1.03 bits per heavy atom. The lowest BCUT2D eigenvalue weighted by atomic mass is 10.1. The van der Waals surface area contributed by atoms with Crippen LogP contribution in [0.3, 0.4) is 0 Å².